The molecule has 3 aliphatic heterocycles. The zero-order valence-corrected chi connectivity index (χ0v) is 12.8. The van der Waals surface area contributed by atoms with E-state index in [2.05, 4.69) is 66.0 Å². The molecule has 1 unspecified atom stereocenters. The van der Waals surface area contributed by atoms with Crippen LogP contribution in [0.3, 0.4) is 0 Å². The SMILES string of the molecule is CC1N(c2cccn2C)C23CCC1(CC2)c1ccccc13. The average Bonchev–Trinajstić information content (AvgIpc) is 2.95. The number of anilines is 1. The van der Waals surface area contributed by atoms with Crippen molar-refractivity contribution in [1.29, 1.82) is 0 Å². The Labute approximate surface area is 126 Å². The number of aryl methyl sites for hydroxylation is 1. The van der Waals surface area contributed by atoms with Gasteiger partial charge in [-0.2, -0.15) is 0 Å². The first-order chi connectivity index (χ1) is 10.2. The maximum absolute atomic E-state index is 2.75. The van der Waals surface area contributed by atoms with E-state index in [0.29, 0.717) is 11.5 Å². The Hall–Kier alpha value is -1.70. The second-order valence-electron chi connectivity index (χ2n) is 7.26. The summed E-state index contributed by atoms with van der Waals surface area (Å²) >= 11 is 0. The van der Waals surface area contributed by atoms with Gasteiger partial charge in [-0.05, 0) is 55.9 Å². The molecule has 1 atom stereocenters. The third kappa shape index (κ3) is 1.14. The van der Waals surface area contributed by atoms with Gasteiger partial charge in [-0.15, -0.1) is 0 Å². The Balaban J connectivity index is 1.81. The van der Waals surface area contributed by atoms with Crippen molar-refractivity contribution < 1.29 is 0 Å². The smallest absolute Gasteiger partial charge is 0.109 e. The minimum Gasteiger partial charge on any atom is -0.345 e. The largest absolute Gasteiger partial charge is 0.345 e. The van der Waals surface area contributed by atoms with Gasteiger partial charge in [0.1, 0.15) is 5.82 Å². The Kier molecular flexibility index (Phi) is 2.01. The van der Waals surface area contributed by atoms with Crippen molar-refractivity contribution in [3.05, 3.63) is 53.7 Å². The van der Waals surface area contributed by atoms with E-state index in [-0.39, 0.29) is 5.54 Å². The Morgan fingerprint density at radius 2 is 1.67 bits per heavy atom. The third-order valence-corrected chi connectivity index (χ3v) is 6.75. The summed E-state index contributed by atoms with van der Waals surface area (Å²) in [5.41, 5.74) is 3.88. The fourth-order valence-corrected chi connectivity index (χ4v) is 5.72. The third-order valence-electron chi connectivity index (χ3n) is 6.75. The van der Waals surface area contributed by atoms with Crippen molar-refractivity contribution in [3.8, 4) is 0 Å². The van der Waals surface area contributed by atoms with Gasteiger partial charge < -0.3 is 9.47 Å². The molecule has 8 rings (SSSR count). The van der Waals surface area contributed by atoms with E-state index in [1.807, 2.05) is 0 Å². The molecule has 1 saturated carbocycles. The Bertz CT molecular complexity index is 719. The van der Waals surface area contributed by atoms with Gasteiger partial charge >= 0.3 is 0 Å². The van der Waals surface area contributed by atoms with E-state index in [1.165, 1.54) is 31.5 Å². The number of piperidine rings is 2. The molecule has 1 aromatic carbocycles. The van der Waals surface area contributed by atoms with Gasteiger partial charge in [0.25, 0.3) is 0 Å². The number of hydrogen-bond acceptors (Lipinski definition) is 1. The lowest BCUT2D eigenvalue weighted by molar-refractivity contribution is 0.0540. The minimum atomic E-state index is 0.238. The van der Waals surface area contributed by atoms with Crippen LogP contribution in [0.15, 0.2) is 42.6 Å². The number of rotatable bonds is 1. The first kappa shape index (κ1) is 11.9. The highest BCUT2D eigenvalue weighted by molar-refractivity contribution is 5.61. The zero-order valence-electron chi connectivity index (χ0n) is 12.8. The van der Waals surface area contributed by atoms with Gasteiger partial charge in [0.2, 0.25) is 0 Å². The molecule has 0 radical (unpaired) electrons. The second-order valence-corrected chi connectivity index (χ2v) is 7.26. The van der Waals surface area contributed by atoms with Crippen LogP contribution >= 0.6 is 0 Å². The topological polar surface area (TPSA) is 8.17 Å². The van der Waals surface area contributed by atoms with Crippen LogP contribution in [0.2, 0.25) is 0 Å². The maximum Gasteiger partial charge on any atom is 0.109 e. The van der Waals surface area contributed by atoms with Gasteiger partial charge in [-0.1, -0.05) is 24.3 Å². The number of nitrogens with zero attached hydrogens (tertiary/aromatic N) is 2. The molecule has 3 fully saturated rings. The van der Waals surface area contributed by atoms with Crippen LogP contribution in [-0.2, 0) is 18.0 Å². The molecule has 108 valence electrons. The van der Waals surface area contributed by atoms with E-state index in [4.69, 9.17) is 0 Å². The lowest BCUT2D eigenvalue weighted by Crippen LogP contribution is -2.72. The fraction of sp³-hybridized carbons (Fsp3) is 0.474. The van der Waals surface area contributed by atoms with Gasteiger partial charge in [-0.25, -0.2) is 0 Å². The average molecular weight is 278 g/mol. The van der Waals surface area contributed by atoms with E-state index in [0.717, 1.165) is 0 Å². The molecule has 0 amide bonds. The number of hydrogen-bond donors (Lipinski definition) is 0. The highest BCUT2D eigenvalue weighted by atomic mass is 15.3. The summed E-state index contributed by atoms with van der Waals surface area (Å²) in [6.45, 7) is 2.45. The van der Waals surface area contributed by atoms with Crippen molar-refractivity contribution in [3.63, 3.8) is 0 Å². The van der Waals surface area contributed by atoms with Gasteiger partial charge in [-0.3, -0.25) is 0 Å². The molecule has 2 saturated heterocycles. The maximum atomic E-state index is 2.75. The normalized spacial score (nSPS) is 36.1. The molecule has 2 bridgehead atoms. The number of aromatic nitrogens is 1. The molecule has 2 nitrogen and oxygen atoms in total. The van der Waals surface area contributed by atoms with Crippen molar-refractivity contribution in [2.45, 2.75) is 49.6 Å². The first-order valence-electron chi connectivity index (χ1n) is 8.20. The van der Waals surface area contributed by atoms with E-state index in [9.17, 15) is 0 Å². The summed E-state index contributed by atoms with van der Waals surface area (Å²) in [4.78, 5) is 2.75. The van der Waals surface area contributed by atoms with Crippen molar-refractivity contribution in [1.82, 2.24) is 4.57 Å². The highest BCUT2D eigenvalue weighted by Gasteiger charge is 2.64. The van der Waals surface area contributed by atoms with Crippen LogP contribution < -0.4 is 4.90 Å². The molecular formula is C19H22N2. The molecule has 3 aliphatic carbocycles. The summed E-state index contributed by atoms with van der Waals surface area (Å²) in [6.07, 6.45) is 7.55. The lowest BCUT2D eigenvalue weighted by atomic mass is 9.47. The van der Waals surface area contributed by atoms with Gasteiger partial charge in [0, 0.05) is 24.7 Å². The van der Waals surface area contributed by atoms with E-state index >= 15 is 0 Å². The molecule has 1 aromatic heterocycles. The van der Waals surface area contributed by atoms with Crippen LogP contribution in [0.5, 0.6) is 0 Å². The number of benzene rings is 1. The molecule has 6 aliphatic rings. The van der Waals surface area contributed by atoms with E-state index in [1.54, 1.807) is 11.1 Å². The monoisotopic (exact) mass is 278 g/mol. The molecule has 4 heterocycles. The summed E-state index contributed by atoms with van der Waals surface area (Å²) in [5, 5.41) is 0. The first-order valence-corrected chi connectivity index (χ1v) is 8.20. The molecule has 2 heteroatoms. The lowest BCUT2D eigenvalue weighted by Gasteiger charge is -2.70. The quantitative estimate of drug-likeness (QED) is 0.766. The highest BCUT2D eigenvalue weighted by Crippen LogP contribution is 2.66. The summed E-state index contributed by atoms with van der Waals surface area (Å²) in [7, 11) is 2.18. The van der Waals surface area contributed by atoms with Crippen LogP contribution in [0.1, 0.15) is 43.7 Å². The molecular weight excluding hydrogens is 256 g/mol. The predicted molar refractivity (Wildman–Crippen MR) is 85.6 cm³/mol. The van der Waals surface area contributed by atoms with Gasteiger partial charge in [0.05, 0.1) is 5.54 Å². The Morgan fingerprint density at radius 3 is 2.33 bits per heavy atom. The molecule has 21 heavy (non-hydrogen) atoms. The van der Waals surface area contributed by atoms with Crippen LogP contribution in [0.25, 0.3) is 0 Å². The standard InChI is InChI=1S/C19H22N2/c1-14-18-9-11-19(12-10-18,16-7-4-3-6-15(16)18)21(14)17-8-5-13-20(17)2/h3-8,13-14H,9-12H2,1-2H3. The second kappa shape index (κ2) is 3.55. The van der Waals surface area contributed by atoms with Crippen LogP contribution in [0.4, 0.5) is 5.82 Å². The Morgan fingerprint density at radius 1 is 0.952 bits per heavy atom. The summed E-state index contributed by atoms with van der Waals surface area (Å²) in [6, 6.07) is 14.3. The van der Waals surface area contributed by atoms with Crippen molar-refractivity contribution >= 4 is 5.82 Å². The van der Waals surface area contributed by atoms with E-state index < -0.39 is 0 Å². The van der Waals surface area contributed by atoms with Gasteiger partial charge in [0.15, 0.2) is 0 Å². The van der Waals surface area contributed by atoms with Crippen LogP contribution in [0, 0.1) is 0 Å². The summed E-state index contributed by atoms with van der Waals surface area (Å²) < 4.78 is 2.29. The predicted octanol–water partition coefficient (Wildman–Crippen LogP) is 3.95. The van der Waals surface area contributed by atoms with Crippen molar-refractivity contribution in [2.75, 3.05) is 4.90 Å². The molecule has 0 N–H and O–H groups in total. The van der Waals surface area contributed by atoms with Crippen LogP contribution in [-0.4, -0.2) is 10.6 Å². The molecule has 0 spiro atoms. The molecule has 2 aromatic rings. The fourth-order valence-electron chi connectivity index (χ4n) is 5.72. The van der Waals surface area contributed by atoms with Crippen molar-refractivity contribution in [2.24, 2.45) is 7.05 Å². The zero-order chi connectivity index (χ0) is 14.2. The summed E-state index contributed by atoms with van der Waals surface area (Å²) in [5.74, 6) is 1.39. The minimum absolute atomic E-state index is 0.238.